The number of hydrogen-bond donors (Lipinski definition) is 2. The quantitative estimate of drug-likeness (QED) is 0.700. The molecule has 2 fully saturated rings. The van der Waals surface area contributed by atoms with Crippen LogP contribution < -0.4 is 14.9 Å². The molecule has 2 heterocycles. The van der Waals surface area contributed by atoms with Crippen LogP contribution in [-0.4, -0.2) is 56.2 Å². The first-order chi connectivity index (χ1) is 11.4. The first-order valence-electron chi connectivity index (χ1n) is 8.18. The molecule has 3 rings (SSSR count). The molecule has 2 N–H and O–H groups in total. The van der Waals surface area contributed by atoms with Crippen LogP contribution in [0.5, 0.6) is 0 Å². The maximum Gasteiger partial charge on any atom is 0.225 e. The van der Waals surface area contributed by atoms with Crippen molar-refractivity contribution in [2.24, 2.45) is 11.8 Å². The van der Waals surface area contributed by atoms with E-state index in [0.717, 1.165) is 12.8 Å². The minimum atomic E-state index is -3.26. The molecule has 1 aromatic rings. The summed E-state index contributed by atoms with van der Waals surface area (Å²) in [4.78, 5) is 22.8. The zero-order chi connectivity index (χ0) is 17.2. The van der Waals surface area contributed by atoms with Gasteiger partial charge in [0.2, 0.25) is 21.9 Å². The highest BCUT2D eigenvalue weighted by Gasteiger charge is 2.43. The lowest BCUT2D eigenvalue weighted by Gasteiger charge is -2.19. The number of aromatic nitrogens is 2. The number of carbonyl (C=O) groups is 1. The molecular formula is C15H23N5O3S. The van der Waals surface area contributed by atoms with Gasteiger partial charge in [-0.25, -0.2) is 23.1 Å². The fourth-order valence-corrected chi connectivity index (χ4v) is 3.70. The average Bonchev–Trinajstić information content (AvgIpc) is 3.28. The largest absolute Gasteiger partial charge is 0.351 e. The van der Waals surface area contributed by atoms with E-state index in [1.54, 1.807) is 18.5 Å². The fraction of sp³-hybridized carbons (Fsp3) is 0.667. The monoisotopic (exact) mass is 353 g/mol. The topological polar surface area (TPSA) is 104 Å². The van der Waals surface area contributed by atoms with Crippen LogP contribution >= 0.6 is 0 Å². The molecule has 0 radical (unpaired) electrons. The smallest absolute Gasteiger partial charge is 0.225 e. The van der Waals surface area contributed by atoms with Gasteiger partial charge in [0.1, 0.15) is 0 Å². The highest BCUT2D eigenvalue weighted by Crippen LogP contribution is 2.41. The number of anilines is 1. The molecular weight excluding hydrogens is 330 g/mol. The minimum absolute atomic E-state index is 0.0621. The van der Waals surface area contributed by atoms with Crippen molar-refractivity contribution < 1.29 is 13.2 Å². The number of nitrogens with zero attached hydrogens (tertiary/aromatic N) is 3. The highest BCUT2D eigenvalue weighted by molar-refractivity contribution is 7.88. The van der Waals surface area contributed by atoms with Gasteiger partial charge in [-0.3, -0.25) is 4.79 Å². The van der Waals surface area contributed by atoms with E-state index in [-0.39, 0.29) is 24.9 Å². The molecule has 24 heavy (non-hydrogen) atoms. The summed E-state index contributed by atoms with van der Waals surface area (Å²) in [7, 11) is -3.26. The van der Waals surface area contributed by atoms with Gasteiger partial charge in [-0.2, -0.15) is 0 Å². The molecule has 0 bridgehead atoms. The van der Waals surface area contributed by atoms with E-state index in [1.807, 2.05) is 0 Å². The van der Waals surface area contributed by atoms with Crippen molar-refractivity contribution in [3.05, 3.63) is 18.5 Å². The molecule has 1 saturated heterocycles. The third-order valence-electron chi connectivity index (χ3n) is 4.49. The van der Waals surface area contributed by atoms with Gasteiger partial charge in [0.05, 0.1) is 12.3 Å². The maximum atomic E-state index is 12.1. The summed E-state index contributed by atoms with van der Waals surface area (Å²) in [5.41, 5.74) is 0. The van der Waals surface area contributed by atoms with E-state index < -0.39 is 10.0 Å². The van der Waals surface area contributed by atoms with Crippen LogP contribution in [0.25, 0.3) is 0 Å². The standard InChI is InChI=1S/C15H23N5O3S/c1-24(22,23)18-8-5-14(21)19-13-10-20(9-12(13)11-3-4-11)15-16-6-2-7-17-15/h2,6-7,11-13,18H,3-5,8-10H2,1H3,(H,19,21)/t12-,13+/m0/s1. The summed E-state index contributed by atoms with van der Waals surface area (Å²) >= 11 is 0. The maximum absolute atomic E-state index is 12.1. The zero-order valence-electron chi connectivity index (χ0n) is 13.7. The van der Waals surface area contributed by atoms with Crippen LogP contribution in [0, 0.1) is 11.8 Å². The number of sulfonamides is 1. The lowest BCUT2D eigenvalue weighted by Crippen LogP contribution is -2.42. The van der Waals surface area contributed by atoms with Gasteiger partial charge in [-0.1, -0.05) is 0 Å². The second kappa shape index (κ2) is 7.02. The van der Waals surface area contributed by atoms with Crippen LogP contribution in [0.15, 0.2) is 18.5 Å². The molecule has 0 aromatic carbocycles. The summed E-state index contributed by atoms with van der Waals surface area (Å²) in [6.07, 6.45) is 7.08. The van der Waals surface area contributed by atoms with Gasteiger partial charge in [0.15, 0.2) is 0 Å². The van der Waals surface area contributed by atoms with Crippen LogP contribution in [0.2, 0.25) is 0 Å². The normalized spacial score (nSPS) is 24.1. The lowest BCUT2D eigenvalue weighted by atomic mass is 9.98. The molecule has 1 amide bonds. The molecule has 1 saturated carbocycles. The summed E-state index contributed by atoms with van der Waals surface area (Å²) in [6, 6.07) is 1.85. The Hall–Kier alpha value is -1.74. The molecule has 2 atom stereocenters. The van der Waals surface area contributed by atoms with Crippen molar-refractivity contribution in [2.45, 2.75) is 25.3 Å². The van der Waals surface area contributed by atoms with Gasteiger partial charge in [-0.05, 0) is 24.8 Å². The van der Waals surface area contributed by atoms with Crippen LogP contribution in [0.1, 0.15) is 19.3 Å². The van der Waals surface area contributed by atoms with E-state index in [9.17, 15) is 13.2 Å². The number of carbonyl (C=O) groups excluding carboxylic acids is 1. The summed E-state index contributed by atoms with van der Waals surface area (Å²) in [6.45, 7) is 1.66. The Balaban J connectivity index is 1.56. The Kier molecular flexibility index (Phi) is 5.00. The second-order valence-electron chi connectivity index (χ2n) is 6.55. The zero-order valence-corrected chi connectivity index (χ0v) is 14.5. The molecule has 2 aliphatic rings. The summed E-state index contributed by atoms with van der Waals surface area (Å²) < 4.78 is 24.4. The molecule has 0 spiro atoms. The van der Waals surface area contributed by atoms with Crippen molar-refractivity contribution in [1.29, 1.82) is 0 Å². The Morgan fingerprint density at radius 1 is 1.29 bits per heavy atom. The number of rotatable bonds is 7. The molecule has 1 aliphatic heterocycles. The van der Waals surface area contributed by atoms with Gasteiger partial charge >= 0.3 is 0 Å². The van der Waals surface area contributed by atoms with Crippen molar-refractivity contribution in [1.82, 2.24) is 20.0 Å². The van der Waals surface area contributed by atoms with Gasteiger partial charge in [0, 0.05) is 44.4 Å². The Morgan fingerprint density at radius 2 is 2.00 bits per heavy atom. The predicted molar refractivity (Wildman–Crippen MR) is 89.9 cm³/mol. The molecule has 1 aliphatic carbocycles. The fourth-order valence-electron chi connectivity index (χ4n) is 3.23. The first kappa shape index (κ1) is 17.1. The number of nitrogens with one attached hydrogen (secondary N) is 2. The van der Waals surface area contributed by atoms with E-state index >= 15 is 0 Å². The van der Waals surface area contributed by atoms with Crippen molar-refractivity contribution in [2.75, 3.05) is 30.8 Å². The van der Waals surface area contributed by atoms with E-state index in [2.05, 4.69) is 24.9 Å². The van der Waals surface area contributed by atoms with Crippen molar-refractivity contribution in [3.63, 3.8) is 0 Å². The molecule has 8 nitrogen and oxygen atoms in total. The number of amides is 1. The highest BCUT2D eigenvalue weighted by atomic mass is 32.2. The van der Waals surface area contributed by atoms with Gasteiger partial charge in [0.25, 0.3) is 0 Å². The molecule has 9 heteroatoms. The van der Waals surface area contributed by atoms with E-state index in [4.69, 9.17) is 0 Å². The Labute approximate surface area is 142 Å². The first-order valence-corrected chi connectivity index (χ1v) is 10.1. The molecule has 0 unspecified atom stereocenters. The summed E-state index contributed by atoms with van der Waals surface area (Å²) in [5, 5.41) is 3.07. The van der Waals surface area contributed by atoms with Gasteiger partial charge in [-0.15, -0.1) is 0 Å². The van der Waals surface area contributed by atoms with E-state index in [0.29, 0.717) is 24.3 Å². The van der Waals surface area contributed by atoms with Crippen LogP contribution in [0.4, 0.5) is 5.95 Å². The van der Waals surface area contributed by atoms with Gasteiger partial charge < -0.3 is 10.2 Å². The predicted octanol–water partition coefficient (Wildman–Crippen LogP) is -0.253. The minimum Gasteiger partial charge on any atom is -0.351 e. The lowest BCUT2D eigenvalue weighted by molar-refractivity contribution is -0.121. The number of hydrogen-bond acceptors (Lipinski definition) is 6. The van der Waals surface area contributed by atoms with Crippen LogP contribution in [-0.2, 0) is 14.8 Å². The molecule has 132 valence electrons. The molecule has 1 aromatic heterocycles. The third kappa shape index (κ3) is 4.64. The van der Waals surface area contributed by atoms with Crippen LogP contribution in [0.3, 0.4) is 0 Å². The third-order valence-corrected chi connectivity index (χ3v) is 5.22. The SMILES string of the molecule is CS(=O)(=O)NCCC(=O)N[C@@H]1CN(c2ncccn2)C[C@H]1C1CC1. The average molecular weight is 353 g/mol. The van der Waals surface area contributed by atoms with Crippen molar-refractivity contribution >= 4 is 21.9 Å². The summed E-state index contributed by atoms with van der Waals surface area (Å²) in [5.74, 6) is 1.62. The Bertz CT molecular complexity index is 678. The Morgan fingerprint density at radius 3 is 2.62 bits per heavy atom. The van der Waals surface area contributed by atoms with Crippen molar-refractivity contribution in [3.8, 4) is 0 Å². The van der Waals surface area contributed by atoms with E-state index in [1.165, 1.54) is 12.8 Å². The second-order valence-corrected chi connectivity index (χ2v) is 8.38.